The summed E-state index contributed by atoms with van der Waals surface area (Å²) in [6, 6.07) is 6.89. The van der Waals surface area contributed by atoms with Crippen molar-refractivity contribution in [2.75, 3.05) is 43.1 Å². The van der Waals surface area contributed by atoms with Gasteiger partial charge in [-0.05, 0) is 37.6 Å². The predicted molar refractivity (Wildman–Crippen MR) is 122 cm³/mol. The maximum Gasteiger partial charge on any atom is 0.416 e. The Labute approximate surface area is 195 Å². The third-order valence-corrected chi connectivity index (χ3v) is 6.52. The molecule has 1 N–H and O–H groups in total. The number of aryl methyl sites for hydroxylation is 1. The van der Waals surface area contributed by atoms with Crippen LogP contribution < -0.4 is 10.2 Å². The Hall–Kier alpha value is -2.98. The van der Waals surface area contributed by atoms with Crippen LogP contribution in [-0.2, 0) is 15.7 Å². The molecule has 7 nitrogen and oxygen atoms in total. The molecule has 5 rings (SSSR count). The van der Waals surface area contributed by atoms with Gasteiger partial charge in [-0.1, -0.05) is 12.1 Å². The van der Waals surface area contributed by atoms with E-state index in [1.54, 1.807) is 13.0 Å². The molecule has 0 saturated carbocycles. The monoisotopic (exact) mass is 473 g/mol. The third-order valence-electron chi connectivity index (χ3n) is 6.52. The highest BCUT2D eigenvalue weighted by Gasteiger charge is 2.40. The molecule has 0 bridgehead atoms. The van der Waals surface area contributed by atoms with Gasteiger partial charge in [0.05, 0.1) is 47.9 Å². The smallest absolute Gasteiger partial charge is 0.378 e. The van der Waals surface area contributed by atoms with Crippen molar-refractivity contribution in [3.63, 3.8) is 0 Å². The summed E-state index contributed by atoms with van der Waals surface area (Å²) in [5.41, 5.74) is 1.85. The van der Waals surface area contributed by atoms with Crippen LogP contribution in [-0.4, -0.2) is 53.7 Å². The first-order chi connectivity index (χ1) is 16.2. The average molecular weight is 473 g/mol. The zero-order chi connectivity index (χ0) is 23.9. The molecule has 34 heavy (non-hydrogen) atoms. The molecule has 0 radical (unpaired) electrons. The van der Waals surface area contributed by atoms with Crippen LogP contribution in [0.2, 0.25) is 0 Å². The summed E-state index contributed by atoms with van der Waals surface area (Å²) < 4.78 is 51.1. The van der Waals surface area contributed by atoms with Gasteiger partial charge in [0.15, 0.2) is 5.82 Å². The van der Waals surface area contributed by atoms with Crippen molar-refractivity contribution >= 4 is 22.4 Å². The Kier molecular flexibility index (Phi) is 5.81. The number of benzene rings is 1. The van der Waals surface area contributed by atoms with Gasteiger partial charge in [-0.15, -0.1) is 5.10 Å². The van der Waals surface area contributed by atoms with Gasteiger partial charge in [0.25, 0.3) is 0 Å². The van der Waals surface area contributed by atoms with E-state index in [0.29, 0.717) is 49.0 Å². The van der Waals surface area contributed by atoms with Crippen molar-refractivity contribution in [1.82, 2.24) is 15.2 Å². The first-order valence-electron chi connectivity index (χ1n) is 11.3. The largest absolute Gasteiger partial charge is 0.416 e. The minimum Gasteiger partial charge on any atom is -0.378 e. The Morgan fingerprint density at radius 2 is 2.03 bits per heavy atom. The van der Waals surface area contributed by atoms with Gasteiger partial charge in [0.2, 0.25) is 0 Å². The molecule has 2 aromatic heterocycles. The van der Waals surface area contributed by atoms with Crippen molar-refractivity contribution in [2.45, 2.75) is 38.1 Å². The van der Waals surface area contributed by atoms with Gasteiger partial charge in [-0.25, -0.2) is 0 Å². The third kappa shape index (κ3) is 4.39. The van der Waals surface area contributed by atoms with Crippen LogP contribution in [0.3, 0.4) is 0 Å². The molecule has 180 valence electrons. The molecule has 4 heterocycles. The van der Waals surface area contributed by atoms with Crippen molar-refractivity contribution < 1.29 is 22.6 Å². The van der Waals surface area contributed by atoms with Crippen molar-refractivity contribution in [1.29, 1.82) is 0 Å². The molecule has 2 saturated heterocycles. The fraction of sp³-hybridized carbons (Fsp3) is 0.458. The molecule has 3 aromatic rings. The average Bonchev–Trinajstić information content (AvgIpc) is 3.27. The number of nitrogens with zero attached hydrogens (tertiary/aromatic N) is 4. The number of rotatable bonds is 4. The Morgan fingerprint density at radius 3 is 2.79 bits per heavy atom. The Bertz CT molecular complexity index is 1200. The summed E-state index contributed by atoms with van der Waals surface area (Å²) in [6.45, 7) is 6.95. The summed E-state index contributed by atoms with van der Waals surface area (Å²) in [6.07, 6.45) is -1.72. The number of anilines is 2. The van der Waals surface area contributed by atoms with Crippen molar-refractivity contribution in [2.24, 2.45) is 0 Å². The van der Waals surface area contributed by atoms with E-state index in [4.69, 9.17) is 9.47 Å². The van der Waals surface area contributed by atoms with Gasteiger partial charge in [-0.2, -0.15) is 18.3 Å². The second-order valence-electron chi connectivity index (χ2n) is 8.97. The van der Waals surface area contributed by atoms with Crippen LogP contribution in [0.5, 0.6) is 0 Å². The van der Waals surface area contributed by atoms with E-state index in [2.05, 4.69) is 25.4 Å². The van der Waals surface area contributed by atoms with Crippen LogP contribution in [0.1, 0.15) is 36.2 Å². The van der Waals surface area contributed by atoms with E-state index in [1.807, 2.05) is 19.2 Å². The number of aromatic nitrogens is 3. The van der Waals surface area contributed by atoms with Crippen LogP contribution in [0, 0.1) is 6.92 Å². The molecule has 2 fully saturated rings. The predicted octanol–water partition coefficient (Wildman–Crippen LogP) is 4.52. The minimum atomic E-state index is -4.40. The summed E-state index contributed by atoms with van der Waals surface area (Å²) >= 11 is 0. The number of hydrogen-bond acceptors (Lipinski definition) is 7. The molecule has 2 aliphatic rings. The summed E-state index contributed by atoms with van der Waals surface area (Å²) in [4.78, 5) is 6.89. The normalized spacial score (nSPS) is 21.9. The highest BCUT2D eigenvalue weighted by molar-refractivity contribution is 5.92. The molecule has 1 spiro atoms. The number of fused-ring (bicyclic) bond motifs is 1. The maximum atomic E-state index is 13.2. The number of ether oxygens (including phenoxy) is 2. The lowest BCUT2D eigenvalue weighted by Crippen LogP contribution is -2.52. The highest BCUT2D eigenvalue weighted by atomic mass is 19.4. The maximum absolute atomic E-state index is 13.2. The molecule has 0 amide bonds. The topological polar surface area (TPSA) is 72.4 Å². The lowest BCUT2D eigenvalue weighted by atomic mass is 10.0. The zero-order valence-electron chi connectivity index (χ0n) is 19.0. The molecule has 1 unspecified atom stereocenters. The van der Waals surface area contributed by atoms with E-state index in [1.165, 1.54) is 6.07 Å². The van der Waals surface area contributed by atoms with Crippen LogP contribution in [0.15, 0.2) is 36.5 Å². The lowest BCUT2D eigenvalue weighted by Gasteiger charge is -2.40. The molecule has 2 aliphatic heterocycles. The van der Waals surface area contributed by atoms with Gasteiger partial charge >= 0.3 is 6.18 Å². The van der Waals surface area contributed by atoms with Crippen molar-refractivity contribution in [3.8, 4) is 0 Å². The fourth-order valence-corrected chi connectivity index (χ4v) is 4.59. The van der Waals surface area contributed by atoms with Gasteiger partial charge in [-0.3, -0.25) is 4.98 Å². The van der Waals surface area contributed by atoms with E-state index in [-0.39, 0.29) is 5.60 Å². The zero-order valence-corrected chi connectivity index (χ0v) is 19.0. The number of nitrogens with one attached hydrogen (secondary N) is 1. The van der Waals surface area contributed by atoms with Gasteiger partial charge in [0.1, 0.15) is 5.60 Å². The second kappa shape index (κ2) is 8.66. The van der Waals surface area contributed by atoms with Gasteiger partial charge < -0.3 is 19.7 Å². The Morgan fingerprint density at radius 1 is 1.18 bits per heavy atom. The first kappa shape index (κ1) is 22.8. The SMILES string of the molecule is Cc1nnc(N[C@H](C)c2cccc(C(F)(F)F)c2)c2cc(N3CCOC4(CCOC4)C3)cnc12. The number of hydrogen-bond donors (Lipinski definition) is 1. The van der Waals surface area contributed by atoms with Crippen LogP contribution >= 0.6 is 0 Å². The number of morpholine rings is 1. The molecular formula is C24H26F3N5O2. The summed E-state index contributed by atoms with van der Waals surface area (Å²) in [5, 5.41) is 12.5. The van der Waals surface area contributed by atoms with E-state index >= 15 is 0 Å². The number of alkyl halides is 3. The summed E-state index contributed by atoms with van der Waals surface area (Å²) in [7, 11) is 0. The van der Waals surface area contributed by atoms with Crippen LogP contribution in [0.25, 0.3) is 10.9 Å². The van der Waals surface area contributed by atoms with Crippen LogP contribution in [0.4, 0.5) is 24.7 Å². The van der Waals surface area contributed by atoms with Crippen molar-refractivity contribution in [3.05, 3.63) is 53.3 Å². The molecular weight excluding hydrogens is 447 g/mol. The molecule has 2 atom stereocenters. The van der Waals surface area contributed by atoms with E-state index < -0.39 is 17.8 Å². The number of halogens is 3. The lowest BCUT2D eigenvalue weighted by molar-refractivity contribution is -0.137. The second-order valence-corrected chi connectivity index (χ2v) is 8.97. The minimum absolute atomic E-state index is 0.293. The molecule has 0 aliphatic carbocycles. The molecule has 10 heteroatoms. The van der Waals surface area contributed by atoms with Gasteiger partial charge in [0, 0.05) is 31.5 Å². The quantitative estimate of drug-likeness (QED) is 0.597. The number of pyridine rings is 1. The first-order valence-corrected chi connectivity index (χ1v) is 11.3. The highest BCUT2D eigenvalue weighted by Crippen LogP contribution is 2.34. The molecule has 1 aromatic carbocycles. The standard InChI is InChI=1S/C24H26F3N5O2/c1-15(17-4-3-5-18(10-17)24(25,26)27)29-22-20-11-19(12-28-21(20)16(2)30-31-22)32-7-9-34-23(13-32)6-8-33-14-23/h3-5,10-12,15H,6-9,13-14H2,1-2H3,(H,29,31)/t15-,23?/m1/s1. The Balaban J connectivity index is 1.45. The van der Waals surface area contributed by atoms with E-state index in [0.717, 1.165) is 36.2 Å². The van der Waals surface area contributed by atoms with E-state index in [9.17, 15) is 13.2 Å². The fourth-order valence-electron chi connectivity index (χ4n) is 4.59. The summed E-state index contributed by atoms with van der Waals surface area (Å²) in [5.74, 6) is 0.479.